The van der Waals surface area contributed by atoms with Gasteiger partial charge in [0, 0.05) is 44.6 Å². The van der Waals surface area contributed by atoms with Gasteiger partial charge in [0.2, 0.25) is 0 Å². The summed E-state index contributed by atoms with van der Waals surface area (Å²) in [6.45, 7) is -0.148. The van der Waals surface area contributed by atoms with E-state index in [0.29, 0.717) is 0 Å². The van der Waals surface area contributed by atoms with Gasteiger partial charge in [-0.25, -0.2) is 0 Å². The minimum atomic E-state index is -0.148. The number of anilines is 4. The van der Waals surface area contributed by atoms with Crippen LogP contribution in [0, 0.1) is 0 Å². The third kappa shape index (κ3) is 3.57. The number of nitrogens with zero attached hydrogens (tertiary/aromatic N) is 2. The number of benzene rings is 9. The van der Waals surface area contributed by atoms with Crippen LogP contribution >= 0.6 is 0 Å². The van der Waals surface area contributed by atoms with E-state index >= 15 is 0 Å². The first-order chi connectivity index (χ1) is 24.4. The van der Waals surface area contributed by atoms with Gasteiger partial charge in [-0.1, -0.05) is 152 Å². The van der Waals surface area contributed by atoms with Gasteiger partial charge in [0.25, 0.3) is 0 Å². The highest BCUT2D eigenvalue weighted by Gasteiger charge is 2.48. The van der Waals surface area contributed by atoms with E-state index in [2.05, 4.69) is 186 Å². The van der Waals surface area contributed by atoms with Gasteiger partial charge in [-0.05, 0) is 73.2 Å². The van der Waals surface area contributed by atoms with Crippen LogP contribution in [0.15, 0.2) is 176 Å². The zero-order valence-corrected chi connectivity index (χ0v) is 26.7. The molecule has 2 aliphatic rings. The molecule has 9 aromatic rings. The molecule has 0 unspecified atom stereocenters. The number of hydrogen-bond acceptors (Lipinski definition) is 2. The van der Waals surface area contributed by atoms with Crippen LogP contribution in [0.2, 0.25) is 0 Å². The summed E-state index contributed by atoms with van der Waals surface area (Å²) >= 11 is 0. The molecule has 0 radical (unpaired) electrons. The van der Waals surface area contributed by atoms with Crippen molar-refractivity contribution >= 4 is 78.3 Å². The van der Waals surface area contributed by atoms with Gasteiger partial charge in [0.05, 0.1) is 0 Å². The quantitative estimate of drug-likeness (QED) is 0.140. The number of fused-ring (bicyclic) bond motifs is 14. The third-order valence-corrected chi connectivity index (χ3v) is 10.8. The first-order valence-electron chi connectivity index (χ1n) is 17.1. The predicted octanol–water partition coefficient (Wildman–Crippen LogP) is 11.6. The average molecular weight is 621 g/mol. The Morgan fingerprint density at radius 3 is 1.02 bits per heavy atom. The molecule has 226 valence electrons. The summed E-state index contributed by atoms with van der Waals surface area (Å²) in [6.07, 6.45) is 0. The van der Waals surface area contributed by atoms with E-state index in [-0.39, 0.29) is 6.98 Å². The van der Waals surface area contributed by atoms with Gasteiger partial charge < -0.3 is 9.62 Å². The summed E-state index contributed by atoms with van der Waals surface area (Å²) in [7, 11) is 0. The van der Waals surface area contributed by atoms with Crippen LogP contribution in [0.5, 0.6) is 0 Å². The fourth-order valence-corrected chi connectivity index (χ4v) is 8.91. The maximum absolute atomic E-state index is 2.63. The average Bonchev–Trinajstić information content (AvgIpc) is 3.18. The molecule has 0 N–H and O–H groups in total. The number of para-hydroxylation sites is 2. The topological polar surface area (TPSA) is 6.48 Å². The zero-order valence-electron chi connectivity index (χ0n) is 26.7. The van der Waals surface area contributed by atoms with Crippen LogP contribution in [-0.2, 0) is 0 Å². The second-order valence-corrected chi connectivity index (χ2v) is 13.2. The van der Waals surface area contributed by atoms with E-state index < -0.39 is 0 Å². The standard InChI is InChI=1S/C46H29BN2/c1-3-16-30(17-4-1)48-45-38-26-13-9-22-34(38)32-20-7-11-24-36(32)42(45)40-28-15-29-41-43-37-25-12-8-21-33(37)35-23-10-14-27-39(35)46(43)49(47(48)44(40)41)31-18-5-2-6-19-31/h1-29H. The lowest BCUT2D eigenvalue weighted by Crippen LogP contribution is -2.62. The summed E-state index contributed by atoms with van der Waals surface area (Å²) in [6, 6.07) is 64.9. The highest BCUT2D eigenvalue weighted by Crippen LogP contribution is 2.55. The third-order valence-electron chi connectivity index (χ3n) is 10.8. The Kier molecular flexibility index (Phi) is 5.50. The van der Waals surface area contributed by atoms with E-state index in [4.69, 9.17) is 0 Å². The molecule has 2 nitrogen and oxygen atoms in total. The van der Waals surface area contributed by atoms with Crippen molar-refractivity contribution in [1.82, 2.24) is 0 Å². The molecule has 0 bridgehead atoms. The highest BCUT2D eigenvalue weighted by molar-refractivity contribution is 6.87. The smallest absolute Gasteiger partial charge is 0.361 e. The highest BCUT2D eigenvalue weighted by atomic mass is 15.2. The van der Waals surface area contributed by atoms with E-state index in [9.17, 15) is 0 Å². The van der Waals surface area contributed by atoms with Crippen molar-refractivity contribution in [2.75, 3.05) is 9.62 Å². The lowest BCUT2D eigenvalue weighted by Gasteiger charge is -2.49. The minimum absolute atomic E-state index is 0.148. The van der Waals surface area contributed by atoms with E-state index in [0.717, 1.165) is 0 Å². The van der Waals surface area contributed by atoms with Gasteiger partial charge in [0.15, 0.2) is 0 Å². The predicted molar refractivity (Wildman–Crippen MR) is 210 cm³/mol. The molecule has 0 fully saturated rings. The first kappa shape index (κ1) is 26.7. The van der Waals surface area contributed by atoms with Crippen LogP contribution in [0.25, 0.3) is 65.3 Å². The maximum Gasteiger partial charge on any atom is 0.421 e. The summed E-state index contributed by atoms with van der Waals surface area (Å²) in [5.74, 6) is 0. The maximum atomic E-state index is 2.63. The van der Waals surface area contributed by atoms with Gasteiger partial charge >= 0.3 is 6.98 Å². The van der Waals surface area contributed by atoms with Crippen LogP contribution in [0.3, 0.4) is 0 Å². The molecule has 0 saturated carbocycles. The Balaban J connectivity index is 1.41. The Bertz CT molecular complexity index is 2600. The molecule has 0 aliphatic carbocycles. The lowest BCUT2D eigenvalue weighted by molar-refractivity contribution is 1.29. The van der Waals surface area contributed by atoms with Crippen molar-refractivity contribution in [1.29, 1.82) is 0 Å². The van der Waals surface area contributed by atoms with Crippen molar-refractivity contribution in [2.24, 2.45) is 0 Å². The molecule has 11 rings (SSSR count). The fraction of sp³-hybridized carbons (Fsp3) is 0. The van der Waals surface area contributed by atoms with Crippen LogP contribution in [-0.4, -0.2) is 6.98 Å². The summed E-state index contributed by atoms with van der Waals surface area (Å²) in [5.41, 5.74) is 11.4. The molecule has 0 amide bonds. The molecular formula is C46H29BN2. The second kappa shape index (κ2) is 10.1. The molecule has 0 aromatic heterocycles. The molecular weight excluding hydrogens is 591 g/mol. The molecule has 49 heavy (non-hydrogen) atoms. The Morgan fingerprint density at radius 1 is 0.286 bits per heavy atom. The van der Waals surface area contributed by atoms with Gasteiger partial charge in [-0.15, -0.1) is 0 Å². The molecule has 0 saturated heterocycles. The first-order valence-corrected chi connectivity index (χ1v) is 17.1. The Labute approximate surface area is 285 Å². The summed E-state index contributed by atoms with van der Waals surface area (Å²) in [5, 5.41) is 10.2. The minimum Gasteiger partial charge on any atom is -0.361 e. The summed E-state index contributed by atoms with van der Waals surface area (Å²) in [4.78, 5) is 5.27. The zero-order chi connectivity index (χ0) is 32.1. The lowest BCUT2D eigenvalue weighted by atomic mass is 9.52. The van der Waals surface area contributed by atoms with Crippen molar-refractivity contribution in [3.8, 4) is 22.3 Å². The molecule has 0 spiro atoms. The monoisotopic (exact) mass is 620 g/mol. The van der Waals surface area contributed by atoms with Crippen molar-refractivity contribution in [2.45, 2.75) is 0 Å². The van der Waals surface area contributed by atoms with Crippen molar-refractivity contribution in [3.63, 3.8) is 0 Å². The van der Waals surface area contributed by atoms with Gasteiger partial charge in [-0.3, -0.25) is 0 Å². The molecule has 2 aliphatic heterocycles. The molecule has 2 heterocycles. The fourth-order valence-electron chi connectivity index (χ4n) is 8.91. The van der Waals surface area contributed by atoms with Crippen LogP contribution < -0.4 is 15.1 Å². The molecule has 3 heteroatoms. The number of rotatable bonds is 2. The Hall–Kier alpha value is -6.32. The number of hydrogen-bond donors (Lipinski definition) is 0. The van der Waals surface area contributed by atoms with Crippen molar-refractivity contribution in [3.05, 3.63) is 176 Å². The second-order valence-electron chi connectivity index (χ2n) is 13.2. The van der Waals surface area contributed by atoms with Crippen molar-refractivity contribution < 1.29 is 0 Å². The largest absolute Gasteiger partial charge is 0.421 e. The van der Waals surface area contributed by atoms with Crippen LogP contribution in [0.1, 0.15) is 0 Å². The Morgan fingerprint density at radius 2 is 0.612 bits per heavy atom. The van der Waals surface area contributed by atoms with Crippen LogP contribution in [0.4, 0.5) is 22.7 Å². The normalized spacial score (nSPS) is 13.2. The van der Waals surface area contributed by atoms with Gasteiger partial charge in [-0.2, -0.15) is 0 Å². The SMILES string of the molecule is c1ccc(N2B3c4c(cccc4-c4c(c5ccccc5c5ccccc45)N3c3ccccc3)-c3c2c2ccccc2c2ccccc32)cc1. The molecule has 9 aromatic carbocycles. The molecule has 0 atom stereocenters. The summed E-state index contributed by atoms with van der Waals surface area (Å²) < 4.78 is 0. The van der Waals surface area contributed by atoms with E-state index in [1.165, 1.54) is 93.6 Å². The van der Waals surface area contributed by atoms with E-state index in [1.807, 2.05) is 0 Å². The van der Waals surface area contributed by atoms with Gasteiger partial charge in [0.1, 0.15) is 0 Å². The van der Waals surface area contributed by atoms with E-state index in [1.54, 1.807) is 0 Å².